The van der Waals surface area contributed by atoms with Gasteiger partial charge in [-0.15, -0.1) is 0 Å². The maximum Gasteiger partial charge on any atom is 0.307 e. The minimum atomic E-state index is -3.11. The van der Waals surface area contributed by atoms with Gasteiger partial charge in [0, 0.05) is 0 Å². The van der Waals surface area contributed by atoms with E-state index in [1.807, 2.05) is 12.2 Å². The third-order valence-corrected chi connectivity index (χ3v) is 6.88. The highest BCUT2D eigenvalue weighted by Gasteiger charge is 2.53. The zero-order valence-corrected chi connectivity index (χ0v) is 12.6. The number of carbonyl (C=O) groups is 2. The standard InChI is InChI=1S/C14H19NO5S/c1-14(4-5-21(19,20)7-14)15-12(16)10-8-2-3-9(6-8)11(10)13(17)18/h2-3,8-11H,4-7H2,1H3,(H,15,16)(H,17,18)/t8-,9+,10-,11+,14+/m1/s1. The number of hydrogen-bond donors (Lipinski definition) is 2. The number of fused-ring (bicyclic) bond motifs is 2. The maximum atomic E-state index is 12.5. The Morgan fingerprint density at radius 1 is 1.24 bits per heavy atom. The fourth-order valence-corrected chi connectivity index (χ4v) is 6.10. The molecule has 116 valence electrons. The minimum absolute atomic E-state index is 0.0438. The predicted molar refractivity (Wildman–Crippen MR) is 75.2 cm³/mol. The Hall–Kier alpha value is -1.37. The third kappa shape index (κ3) is 2.47. The van der Waals surface area contributed by atoms with E-state index in [0.717, 1.165) is 0 Å². The molecule has 0 unspecified atom stereocenters. The average molecular weight is 313 g/mol. The number of hydrogen-bond acceptors (Lipinski definition) is 4. The molecule has 1 saturated heterocycles. The molecule has 0 aromatic heterocycles. The minimum Gasteiger partial charge on any atom is -0.481 e. The lowest BCUT2D eigenvalue weighted by molar-refractivity contribution is -0.148. The maximum absolute atomic E-state index is 12.5. The fraction of sp³-hybridized carbons (Fsp3) is 0.714. The summed E-state index contributed by atoms with van der Waals surface area (Å²) in [6.07, 6.45) is 4.89. The molecule has 1 saturated carbocycles. The zero-order valence-electron chi connectivity index (χ0n) is 11.8. The van der Waals surface area contributed by atoms with Gasteiger partial charge in [-0.1, -0.05) is 12.2 Å². The lowest BCUT2D eigenvalue weighted by atomic mass is 9.82. The number of rotatable bonds is 3. The van der Waals surface area contributed by atoms with Gasteiger partial charge >= 0.3 is 5.97 Å². The number of carbonyl (C=O) groups excluding carboxylic acids is 1. The molecule has 0 aromatic carbocycles. The van der Waals surface area contributed by atoms with Crippen molar-refractivity contribution in [1.82, 2.24) is 5.32 Å². The normalized spacial score (nSPS) is 43.1. The van der Waals surface area contributed by atoms with Gasteiger partial charge in [-0.05, 0) is 31.6 Å². The van der Waals surface area contributed by atoms with Crippen molar-refractivity contribution < 1.29 is 23.1 Å². The van der Waals surface area contributed by atoms with Gasteiger partial charge in [-0.3, -0.25) is 9.59 Å². The van der Waals surface area contributed by atoms with Crippen LogP contribution < -0.4 is 5.32 Å². The summed E-state index contributed by atoms with van der Waals surface area (Å²) < 4.78 is 23.2. The molecule has 3 rings (SSSR count). The second-order valence-electron chi connectivity index (χ2n) is 6.73. The number of aliphatic carboxylic acids is 1. The largest absolute Gasteiger partial charge is 0.481 e. The zero-order chi connectivity index (χ0) is 15.4. The molecule has 6 nitrogen and oxygen atoms in total. The Balaban J connectivity index is 1.77. The van der Waals surface area contributed by atoms with Crippen molar-refractivity contribution in [2.24, 2.45) is 23.7 Å². The Kier molecular flexibility index (Phi) is 3.16. The Morgan fingerprint density at radius 2 is 1.86 bits per heavy atom. The van der Waals surface area contributed by atoms with Gasteiger partial charge in [0.25, 0.3) is 0 Å². The van der Waals surface area contributed by atoms with Crippen molar-refractivity contribution >= 4 is 21.7 Å². The van der Waals surface area contributed by atoms with Gasteiger partial charge in [0.05, 0.1) is 28.9 Å². The molecular weight excluding hydrogens is 294 g/mol. The lowest BCUT2D eigenvalue weighted by Crippen LogP contribution is -2.51. The quantitative estimate of drug-likeness (QED) is 0.725. The van der Waals surface area contributed by atoms with Gasteiger partial charge in [0.15, 0.2) is 9.84 Å². The van der Waals surface area contributed by atoms with Crippen LogP contribution in [-0.2, 0) is 19.4 Å². The molecule has 2 bridgehead atoms. The highest BCUT2D eigenvalue weighted by atomic mass is 32.2. The van der Waals surface area contributed by atoms with E-state index in [-0.39, 0.29) is 29.2 Å². The SMILES string of the molecule is C[C@]1(NC(=O)[C@H]2[C@@H](C(=O)O)[C@H]3C=C[C@@H]2C3)CCS(=O)(=O)C1. The Bertz CT molecular complexity index is 625. The van der Waals surface area contributed by atoms with Gasteiger partial charge in [-0.2, -0.15) is 0 Å². The first-order valence-corrected chi connectivity index (χ1v) is 8.96. The molecule has 2 aliphatic carbocycles. The molecule has 1 heterocycles. The van der Waals surface area contributed by atoms with Crippen molar-refractivity contribution in [3.63, 3.8) is 0 Å². The molecular formula is C14H19NO5S. The van der Waals surface area contributed by atoms with Gasteiger partial charge in [-0.25, -0.2) is 8.42 Å². The molecule has 2 fully saturated rings. The second-order valence-corrected chi connectivity index (χ2v) is 8.91. The van der Waals surface area contributed by atoms with E-state index >= 15 is 0 Å². The van der Waals surface area contributed by atoms with Crippen LogP contribution in [0.1, 0.15) is 19.8 Å². The Labute approximate surface area is 123 Å². The van der Waals surface area contributed by atoms with Crippen LogP contribution in [0.5, 0.6) is 0 Å². The predicted octanol–water partition coefficient (Wildman–Crippen LogP) is 0.203. The number of carboxylic acid groups (broad SMARTS) is 1. The van der Waals surface area contributed by atoms with Crippen LogP contribution in [0.3, 0.4) is 0 Å². The van der Waals surface area contributed by atoms with Crippen LogP contribution in [0.25, 0.3) is 0 Å². The smallest absolute Gasteiger partial charge is 0.307 e. The second kappa shape index (κ2) is 4.56. The molecule has 1 aliphatic heterocycles. The van der Waals surface area contributed by atoms with E-state index in [9.17, 15) is 23.1 Å². The van der Waals surface area contributed by atoms with Crippen LogP contribution in [0, 0.1) is 23.7 Å². The van der Waals surface area contributed by atoms with Crippen molar-refractivity contribution in [3.8, 4) is 0 Å². The molecule has 2 N–H and O–H groups in total. The van der Waals surface area contributed by atoms with Crippen LogP contribution in [0.4, 0.5) is 0 Å². The topological polar surface area (TPSA) is 101 Å². The van der Waals surface area contributed by atoms with Crippen molar-refractivity contribution in [3.05, 3.63) is 12.2 Å². The molecule has 0 radical (unpaired) electrons. The van der Waals surface area contributed by atoms with Crippen LogP contribution in [0.15, 0.2) is 12.2 Å². The summed E-state index contributed by atoms with van der Waals surface area (Å²) in [5.41, 5.74) is -0.773. The number of carboxylic acids is 1. The third-order valence-electron chi connectivity index (χ3n) is 4.98. The van der Waals surface area contributed by atoms with Gasteiger partial charge < -0.3 is 10.4 Å². The highest BCUT2D eigenvalue weighted by molar-refractivity contribution is 7.91. The summed E-state index contributed by atoms with van der Waals surface area (Å²) in [5.74, 6) is -2.67. The number of allylic oxidation sites excluding steroid dienone is 2. The molecule has 3 aliphatic rings. The first kappa shape index (κ1) is 14.6. The van der Waals surface area contributed by atoms with Crippen molar-refractivity contribution in [2.75, 3.05) is 11.5 Å². The number of amides is 1. The lowest BCUT2D eigenvalue weighted by Gasteiger charge is -2.30. The summed E-state index contributed by atoms with van der Waals surface area (Å²) >= 11 is 0. The summed E-state index contributed by atoms with van der Waals surface area (Å²) in [6, 6.07) is 0. The molecule has 7 heteroatoms. The summed E-state index contributed by atoms with van der Waals surface area (Å²) in [5, 5.41) is 12.2. The van der Waals surface area contributed by atoms with Crippen molar-refractivity contribution in [2.45, 2.75) is 25.3 Å². The molecule has 5 atom stereocenters. The van der Waals surface area contributed by atoms with E-state index in [0.29, 0.717) is 12.8 Å². The van der Waals surface area contributed by atoms with E-state index in [1.165, 1.54) is 0 Å². The van der Waals surface area contributed by atoms with E-state index < -0.39 is 33.2 Å². The summed E-state index contributed by atoms with van der Waals surface area (Å²) in [6.45, 7) is 1.72. The van der Waals surface area contributed by atoms with Crippen molar-refractivity contribution in [1.29, 1.82) is 0 Å². The fourth-order valence-electron chi connectivity index (χ4n) is 4.01. The molecule has 21 heavy (non-hydrogen) atoms. The monoisotopic (exact) mass is 313 g/mol. The van der Waals surface area contributed by atoms with Crippen LogP contribution in [0.2, 0.25) is 0 Å². The molecule has 1 amide bonds. The van der Waals surface area contributed by atoms with Gasteiger partial charge in [0.2, 0.25) is 5.91 Å². The van der Waals surface area contributed by atoms with E-state index in [2.05, 4.69) is 5.32 Å². The highest BCUT2D eigenvalue weighted by Crippen LogP contribution is 2.48. The number of sulfone groups is 1. The first-order chi connectivity index (χ1) is 9.71. The van der Waals surface area contributed by atoms with Crippen LogP contribution in [-0.4, -0.2) is 42.4 Å². The van der Waals surface area contributed by atoms with E-state index in [4.69, 9.17) is 0 Å². The average Bonchev–Trinajstić information content (AvgIpc) is 3.01. The molecule has 0 aromatic rings. The summed E-state index contributed by atoms with van der Waals surface area (Å²) in [4.78, 5) is 23.9. The number of nitrogens with one attached hydrogen (secondary N) is 1. The first-order valence-electron chi connectivity index (χ1n) is 7.14. The van der Waals surface area contributed by atoms with E-state index in [1.54, 1.807) is 6.92 Å². The van der Waals surface area contributed by atoms with Crippen LogP contribution >= 0.6 is 0 Å². The van der Waals surface area contributed by atoms with Gasteiger partial charge in [0.1, 0.15) is 0 Å². The Morgan fingerprint density at radius 3 is 2.38 bits per heavy atom. The summed E-state index contributed by atoms with van der Waals surface area (Å²) in [7, 11) is -3.11. The molecule has 0 spiro atoms.